The van der Waals surface area contributed by atoms with Crippen molar-refractivity contribution >= 4 is 11.5 Å². The summed E-state index contributed by atoms with van der Waals surface area (Å²) in [4.78, 5) is 12.0. The number of ether oxygens (including phenoxy) is 1. The van der Waals surface area contributed by atoms with Crippen molar-refractivity contribution in [2.45, 2.75) is 33.6 Å². The van der Waals surface area contributed by atoms with E-state index in [2.05, 4.69) is 57.9 Å². The van der Waals surface area contributed by atoms with Crippen molar-refractivity contribution in [2.75, 3.05) is 76.2 Å². The van der Waals surface area contributed by atoms with E-state index < -0.39 is 0 Å². The predicted octanol–water partition coefficient (Wildman–Crippen LogP) is 2.77. The molecular formula is C20H37N5O. The van der Waals surface area contributed by atoms with Crippen LogP contribution < -0.4 is 15.0 Å². The Labute approximate surface area is 159 Å². The maximum atomic E-state index is 6.02. The van der Waals surface area contributed by atoms with E-state index in [-0.39, 0.29) is 0 Å². The molecule has 1 N–H and O–H groups in total. The van der Waals surface area contributed by atoms with Gasteiger partial charge in [-0.1, -0.05) is 20.8 Å². The molecule has 0 aromatic carbocycles. The fraction of sp³-hybridized carbons (Fsp3) is 0.750. The van der Waals surface area contributed by atoms with Crippen LogP contribution in [0.1, 0.15) is 33.6 Å². The van der Waals surface area contributed by atoms with Crippen LogP contribution >= 0.6 is 0 Å². The second-order valence-corrected chi connectivity index (χ2v) is 6.91. The van der Waals surface area contributed by atoms with Gasteiger partial charge in [0.2, 0.25) is 5.88 Å². The maximum Gasteiger partial charge on any atom is 0.217 e. The molecule has 0 aliphatic carbocycles. The standard InChI is InChI=1S/C20H37N5O/c1-5-8-25(9-6-2)18-16-19(21-4)22-20(17-18)26-15-14-24-12-10-23(7-3)11-13-24/h16-17H,5-15H2,1-4H3,(H,21,22). The Kier molecular flexibility index (Phi) is 8.98. The van der Waals surface area contributed by atoms with Crippen molar-refractivity contribution < 1.29 is 4.74 Å². The summed E-state index contributed by atoms with van der Waals surface area (Å²) in [6.45, 7) is 16.2. The van der Waals surface area contributed by atoms with Crippen LogP contribution in [0.4, 0.5) is 11.5 Å². The first kappa shape index (κ1) is 20.8. The average Bonchev–Trinajstić information content (AvgIpc) is 2.68. The summed E-state index contributed by atoms with van der Waals surface area (Å²) in [5.74, 6) is 1.59. The first-order chi connectivity index (χ1) is 12.7. The number of nitrogens with zero attached hydrogens (tertiary/aromatic N) is 4. The van der Waals surface area contributed by atoms with Gasteiger partial charge in [-0.15, -0.1) is 0 Å². The Balaban J connectivity index is 1.92. The first-order valence-corrected chi connectivity index (χ1v) is 10.2. The number of pyridine rings is 1. The van der Waals surface area contributed by atoms with Crippen LogP contribution in [0.3, 0.4) is 0 Å². The molecule has 0 radical (unpaired) electrons. The van der Waals surface area contributed by atoms with Crippen molar-refractivity contribution in [3.8, 4) is 5.88 Å². The summed E-state index contributed by atoms with van der Waals surface area (Å²) < 4.78 is 6.02. The molecule has 2 heterocycles. The highest BCUT2D eigenvalue weighted by atomic mass is 16.5. The summed E-state index contributed by atoms with van der Waals surface area (Å²) in [6.07, 6.45) is 2.27. The van der Waals surface area contributed by atoms with E-state index in [4.69, 9.17) is 4.74 Å². The molecule has 148 valence electrons. The minimum absolute atomic E-state index is 0.688. The van der Waals surface area contributed by atoms with Gasteiger partial charge in [0.15, 0.2) is 0 Å². The molecule has 1 aliphatic heterocycles. The van der Waals surface area contributed by atoms with E-state index in [9.17, 15) is 0 Å². The third-order valence-corrected chi connectivity index (χ3v) is 4.96. The number of nitrogens with one attached hydrogen (secondary N) is 1. The second kappa shape index (κ2) is 11.2. The highest BCUT2D eigenvalue weighted by Gasteiger charge is 2.15. The van der Waals surface area contributed by atoms with Gasteiger partial charge in [0.05, 0.1) is 0 Å². The second-order valence-electron chi connectivity index (χ2n) is 6.91. The van der Waals surface area contributed by atoms with Crippen LogP contribution in [-0.2, 0) is 0 Å². The third-order valence-electron chi connectivity index (χ3n) is 4.96. The molecule has 1 aliphatic rings. The highest BCUT2D eigenvalue weighted by Crippen LogP contribution is 2.24. The molecular weight excluding hydrogens is 326 g/mol. The number of piperazine rings is 1. The third kappa shape index (κ3) is 6.32. The van der Waals surface area contributed by atoms with Gasteiger partial charge in [-0.3, -0.25) is 4.90 Å². The molecule has 6 nitrogen and oxygen atoms in total. The lowest BCUT2D eigenvalue weighted by Crippen LogP contribution is -2.47. The molecule has 0 amide bonds. The van der Waals surface area contributed by atoms with E-state index in [0.717, 1.165) is 76.9 Å². The molecule has 0 bridgehead atoms. The minimum Gasteiger partial charge on any atom is -0.476 e. The average molecular weight is 364 g/mol. The van der Waals surface area contributed by atoms with Crippen LogP contribution in [-0.4, -0.2) is 80.8 Å². The van der Waals surface area contributed by atoms with Gasteiger partial charge < -0.3 is 19.9 Å². The molecule has 26 heavy (non-hydrogen) atoms. The Morgan fingerprint density at radius 3 is 2.27 bits per heavy atom. The maximum absolute atomic E-state index is 6.02. The molecule has 2 rings (SSSR count). The summed E-state index contributed by atoms with van der Waals surface area (Å²) >= 11 is 0. The molecule has 0 spiro atoms. The van der Waals surface area contributed by atoms with Crippen LogP contribution in [0.25, 0.3) is 0 Å². The van der Waals surface area contributed by atoms with E-state index in [1.807, 2.05) is 7.05 Å². The van der Waals surface area contributed by atoms with E-state index in [0.29, 0.717) is 6.61 Å². The smallest absolute Gasteiger partial charge is 0.217 e. The van der Waals surface area contributed by atoms with Crippen LogP contribution in [0.2, 0.25) is 0 Å². The molecule has 1 fully saturated rings. The zero-order valence-corrected chi connectivity index (χ0v) is 17.1. The zero-order chi connectivity index (χ0) is 18.8. The van der Waals surface area contributed by atoms with Gasteiger partial charge in [0.1, 0.15) is 12.4 Å². The van der Waals surface area contributed by atoms with Crippen molar-refractivity contribution in [1.82, 2.24) is 14.8 Å². The highest BCUT2D eigenvalue weighted by molar-refractivity contribution is 5.56. The number of aromatic nitrogens is 1. The molecule has 0 unspecified atom stereocenters. The Bertz CT molecular complexity index is 511. The molecule has 0 atom stereocenters. The summed E-state index contributed by atoms with van der Waals surface area (Å²) in [6, 6.07) is 4.20. The number of likely N-dealkylation sites (N-methyl/N-ethyl adjacent to an activating group) is 1. The number of hydrogen-bond acceptors (Lipinski definition) is 6. The molecule has 1 saturated heterocycles. The van der Waals surface area contributed by atoms with Crippen molar-refractivity contribution in [3.63, 3.8) is 0 Å². The van der Waals surface area contributed by atoms with E-state index >= 15 is 0 Å². The summed E-state index contributed by atoms with van der Waals surface area (Å²) in [5, 5.41) is 3.16. The van der Waals surface area contributed by atoms with Crippen molar-refractivity contribution in [3.05, 3.63) is 12.1 Å². The minimum atomic E-state index is 0.688. The van der Waals surface area contributed by atoms with Crippen LogP contribution in [0, 0.1) is 0 Å². The molecule has 0 saturated carbocycles. The van der Waals surface area contributed by atoms with Gasteiger partial charge in [0, 0.05) is 70.7 Å². The Morgan fingerprint density at radius 1 is 1.04 bits per heavy atom. The van der Waals surface area contributed by atoms with Crippen molar-refractivity contribution in [2.24, 2.45) is 0 Å². The monoisotopic (exact) mass is 363 g/mol. The van der Waals surface area contributed by atoms with E-state index in [1.165, 1.54) is 5.69 Å². The van der Waals surface area contributed by atoms with Gasteiger partial charge in [-0.25, -0.2) is 0 Å². The largest absolute Gasteiger partial charge is 0.476 e. The SMILES string of the molecule is CCCN(CCC)c1cc(NC)nc(OCCN2CCN(CC)CC2)c1. The fourth-order valence-electron chi connectivity index (χ4n) is 3.39. The molecule has 1 aromatic rings. The normalized spacial score (nSPS) is 15.8. The van der Waals surface area contributed by atoms with Crippen molar-refractivity contribution in [1.29, 1.82) is 0 Å². The summed E-state index contributed by atoms with van der Waals surface area (Å²) in [5.41, 5.74) is 1.19. The topological polar surface area (TPSA) is 43.9 Å². The zero-order valence-electron chi connectivity index (χ0n) is 17.1. The lowest BCUT2D eigenvalue weighted by molar-refractivity contribution is 0.120. The number of anilines is 2. The Morgan fingerprint density at radius 2 is 1.69 bits per heavy atom. The lowest BCUT2D eigenvalue weighted by atomic mass is 10.3. The molecule has 6 heteroatoms. The number of rotatable bonds is 11. The van der Waals surface area contributed by atoms with Crippen LogP contribution in [0.15, 0.2) is 12.1 Å². The summed E-state index contributed by atoms with van der Waals surface area (Å²) in [7, 11) is 1.91. The predicted molar refractivity (Wildman–Crippen MR) is 111 cm³/mol. The Hall–Kier alpha value is -1.53. The number of hydrogen-bond donors (Lipinski definition) is 1. The lowest BCUT2D eigenvalue weighted by Gasteiger charge is -2.33. The van der Waals surface area contributed by atoms with Crippen LogP contribution in [0.5, 0.6) is 5.88 Å². The first-order valence-electron chi connectivity index (χ1n) is 10.2. The van der Waals surface area contributed by atoms with Gasteiger partial charge >= 0.3 is 0 Å². The van der Waals surface area contributed by atoms with Gasteiger partial charge in [-0.05, 0) is 19.4 Å². The quantitative estimate of drug-likeness (QED) is 0.652. The molecule has 1 aromatic heterocycles. The van der Waals surface area contributed by atoms with E-state index in [1.54, 1.807) is 0 Å². The van der Waals surface area contributed by atoms with Gasteiger partial charge in [0.25, 0.3) is 0 Å². The van der Waals surface area contributed by atoms with Gasteiger partial charge in [-0.2, -0.15) is 4.98 Å². The fourth-order valence-corrected chi connectivity index (χ4v) is 3.39.